The molecule has 0 aromatic carbocycles. The van der Waals surface area contributed by atoms with Crippen LogP contribution in [0.25, 0.3) is 0 Å². The van der Waals surface area contributed by atoms with Crippen LogP contribution in [0, 0.1) is 11.3 Å². The van der Waals surface area contributed by atoms with Crippen LogP contribution >= 0.6 is 0 Å². The summed E-state index contributed by atoms with van der Waals surface area (Å²) in [6, 6.07) is 0.422. The van der Waals surface area contributed by atoms with Crippen molar-refractivity contribution in [3.05, 3.63) is 0 Å². The van der Waals surface area contributed by atoms with E-state index in [0.29, 0.717) is 17.9 Å². The summed E-state index contributed by atoms with van der Waals surface area (Å²) in [7, 11) is 1.93. The number of nitrogens with one attached hydrogen (secondary N) is 2. The minimum Gasteiger partial charge on any atom is -0.353 e. The van der Waals surface area contributed by atoms with Crippen molar-refractivity contribution in [1.29, 1.82) is 0 Å². The molecule has 0 heterocycles. The predicted molar refractivity (Wildman–Crippen MR) is 81.1 cm³/mol. The maximum absolute atomic E-state index is 11.8. The number of hydrogen-bond donors (Lipinski definition) is 2. The second kappa shape index (κ2) is 7.88. The third-order valence-corrected chi connectivity index (χ3v) is 4.94. The Morgan fingerprint density at radius 2 is 1.84 bits per heavy atom. The van der Waals surface area contributed by atoms with E-state index in [-0.39, 0.29) is 5.91 Å². The van der Waals surface area contributed by atoms with Gasteiger partial charge in [-0.05, 0) is 57.0 Å². The summed E-state index contributed by atoms with van der Waals surface area (Å²) in [6.07, 6.45) is 7.68. The molecule has 0 unspecified atom stereocenters. The summed E-state index contributed by atoms with van der Waals surface area (Å²) in [5.41, 5.74) is 0.460. The predicted octanol–water partition coefficient (Wildman–Crippen LogP) is 3.10. The quantitative estimate of drug-likeness (QED) is 0.697. The van der Waals surface area contributed by atoms with E-state index in [1.54, 1.807) is 0 Å². The van der Waals surface area contributed by atoms with Gasteiger partial charge in [-0.2, -0.15) is 0 Å². The summed E-state index contributed by atoms with van der Waals surface area (Å²) < 4.78 is 0. The van der Waals surface area contributed by atoms with Crippen LogP contribution in [-0.2, 0) is 4.79 Å². The first-order valence-electron chi connectivity index (χ1n) is 7.93. The molecule has 19 heavy (non-hydrogen) atoms. The fraction of sp³-hybridized carbons (Fsp3) is 0.938. The van der Waals surface area contributed by atoms with Crippen molar-refractivity contribution in [2.45, 2.75) is 71.8 Å². The van der Waals surface area contributed by atoms with Crippen molar-refractivity contribution < 1.29 is 4.79 Å². The molecule has 2 N–H and O–H groups in total. The monoisotopic (exact) mass is 268 g/mol. The molecule has 3 heteroatoms. The number of rotatable bonds is 7. The number of carbonyl (C=O) groups excluding carboxylic acids is 1. The lowest BCUT2D eigenvalue weighted by atomic mass is 9.69. The van der Waals surface area contributed by atoms with E-state index in [1.165, 1.54) is 19.3 Å². The third-order valence-electron chi connectivity index (χ3n) is 4.94. The topological polar surface area (TPSA) is 41.1 Å². The van der Waals surface area contributed by atoms with Gasteiger partial charge in [0.15, 0.2) is 0 Å². The van der Waals surface area contributed by atoms with Crippen molar-refractivity contribution in [3.8, 4) is 0 Å². The molecular formula is C16H32N2O. The molecule has 0 saturated heterocycles. The second-order valence-electron chi connectivity index (χ2n) is 6.67. The minimum absolute atomic E-state index is 0.230. The van der Waals surface area contributed by atoms with E-state index >= 15 is 0 Å². The van der Waals surface area contributed by atoms with Gasteiger partial charge in [0.1, 0.15) is 0 Å². The van der Waals surface area contributed by atoms with Crippen molar-refractivity contribution in [2.24, 2.45) is 11.3 Å². The fourth-order valence-electron chi connectivity index (χ4n) is 3.03. The van der Waals surface area contributed by atoms with Crippen LogP contribution in [0.5, 0.6) is 0 Å². The number of hydrogen-bond acceptors (Lipinski definition) is 2. The molecule has 0 bridgehead atoms. The zero-order valence-electron chi connectivity index (χ0n) is 13.2. The molecule has 1 fully saturated rings. The van der Waals surface area contributed by atoms with Crippen LogP contribution in [0.2, 0.25) is 0 Å². The normalized spacial score (nSPS) is 24.2. The van der Waals surface area contributed by atoms with Crippen LogP contribution in [0.4, 0.5) is 0 Å². The van der Waals surface area contributed by atoms with Gasteiger partial charge in [-0.15, -0.1) is 0 Å². The van der Waals surface area contributed by atoms with E-state index < -0.39 is 0 Å². The Morgan fingerprint density at radius 1 is 1.21 bits per heavy atom. The molecule has 0 radical (unpaired) electrons. The van der Waals surface area contributed by atoms with Gasteiger partial charge in [0.2, 0.25) is 5.91 Å². The summed E-state index contributed by atoms with van der Waals surface area (Å²) in [5.74, 6) is 1.06. The van der Waals surface area contributed by atoms with Crippen molar-refractivity contribution in [2.75, 3.05) is 13.6 Å². The first kappa shape index (κ1) is 16.5. The van der Waals surface area contributed by atoms with Gasteiger partial charge in [0.05, 0.1) is 0 Å². The maximum Gasteiger partial charge on any atom is 0.220 e. The lowest BCUT2D eigenvalue weighted by molar-refractivity contribution is -0.122. The molecule has 1 amide bonds. The van der Waals surface area contributed by atoms with Crippen LogP contribution in [0.1, 0.15) is 65.7 Å². The Labute approximate surface area is 118 Å². The first-order chi connectivity index (χ1) is 8.99. The Hall–Kier alpha value is -0.570. The van der Waals surface area contributed by atoms with Crippen LogP contribution < -0.4 is 10.6 Å². The summed E-state index contributed by atoms with van der Waals surface area (Å²) in [5, 5.41) is 6.28. The molecular weight excluding hydrogens is 236 g/mol. The fourth-order valence-corrected chi connectivity index (χ4v) is 3.03. The van der Waals surface area contributed by atoms with Crippen molar-refractivity contribution in [3.63, 3.8) is 0 Å². The smallest absolute Gasteiger partial charge is 0.220 e. The van der Waals surface area contributed by atoms with Gasteiger partial charge in [0.25, 0.3) is 0 Å². The highest BCUT2D eigenvalue weighted by atomic mass is 16.1. The Morgan fingerprint density at radius 3 is 2.37 bits per heavy atom. The van der Waals surface area contributed by atoms with Gasteiger partial charge in [-0.25, -0.2) is 0 Å². The van der Waals surface area contributed by atoms with Crippen LogP contribution in [0.15, 0.2) is 0 Å². The first-order valence-corrected chi connectivity index (χ1v) is 7.93. The third kappa shape index (κ3) is 5.52. The Kier molecular flexibility index (Phi) is 6.84. The summed E-state index contributed by atoms with van der Waals surface area (Å²) in [4.78, 5) is 11.8. The van der Waals surface area contributed by atoms with Crippen molar-refractivity contribution >= 4 is 5.91 Å². The molecule has 0 aliphatic heterocycles. The number of carbonyl (C=O) groups is 1. The molecule has 0 aromatic rings. The molecule has 0 atom stereocenters. The maximum atomic E-state index is 11.8. The molecule has 0 aromatic heterocycles. The van der Waals surface area contributed by atoms with Crippen molar-refractivity contribution in [1.82, 2.24) is 10.6 Å². The van der Waals surface area contributed by atoms with E-state index in [0.717, 1.165) is 31.7 Å². The summed E-state index contributed by atoms with van der Waals surface area (Å²) >= 11 is 0. The average Bonchev–Trinajstić information content (AvgIpc) is 2.39. The van der Waals surface area contributed by atoms with E-state index in [4.69, 9.17) is 0 Å². The Balaban J connectivity index is 2.25. The van der Waals surface area contributed by atoms with Gasteiger partial charge in [-0.3, -0.25) is 4.79 Å². The molecule has 1 aliphatic rings. The highest BCUT2D eigenvalue weighted by molar-refractivity contribution is 5.76. The second-order valence-corrected chi connectivity index (χ2v) is 6.67. The molecule has 0 spiro atoms. The molecule has 112 valence electrons. The van der Waals surface area contributed by atoms with Gasteiger partial charge >= 0.3 is 0 Å². The van der Waals surface area contributed by atoms with E-state index in [9.17, 15) is 4.79 Å². The van der Waals surface area contributed by atoms with Gasteiger partial charge in [0, 0.05) is 12.5 Å². The molecule has 1 rings (SSSR count). The SMILES string of the molecule is CCC(C)(C)C1CCC(NC(=O)CCCNC)CC1. The zero-order valence-corrected chi connectivity index (χ0v) is 13.2. The van der Waals surface area contributed by atoms with E-state index in [1.807, 2.05) is 7.05 Å². The van der Waals surface area contributed by atoms with Crippen LogP contribution in [-0.4, -0.2) is 25.5 Å². The van der Waals surface area contributed by atoms with Crippen LogP contribution in [0.3, 0.4) is 0 Å². The Bertz CT molecular complexity index is 268. The molecule has 1 saturated carbocycles. The minimum atomic E-state index is 0.230. The lowest BCUT2D eigenvalue weighted by Gasteiger charge is -2.39. The molecule has 1 aliphatic carbocycles. The number of amides is 1. The lowest BCUT2D eigenvalue weighted by Crippen LogP contribution is -2.40. The van der Waals surface area contributed by atoms with Gasteiger partial charge < -0.3 is 10.6 Å². The largest absolute Gasteiger partial charge is 0.353 e. The summed E-state index contributed by atoms with van der Waals surface area (Å²) in [6.45, 7) is 7.98. The highest BCUT2D eigenvalue weighted by Crippen LogP contribution is 2.40. The zero-order chi connectivity index (χ0) is 14.3. The van der Waals surface area contributed by atoms with E-state index in [2.05, 4.69) is 31.4 Å². The van der Waals surface area contributed by atoms with Gasteiger partial charge in [-0.1, -0.05) is 27.2 Å². The highest BCUT2D eigenvalue weighted by Gasteiger charge is 2.31. The average molecular weight is 268 g/mol. The standard InChI is InChI=1S/C16H32N2O/c1-5-16(2,3)13-8-10-14(11-9-13)18-15(19)7-6-12-17-4/h13-14,17H,5-12H2,1-4H3,(H,18,19). The molecule has 3 nitrogen and oxygen atoms in total.